The maximum absolute atomic E-state index is 5.63. The summed E-state index contributed by atoms with van der Waals surface area (Å²) in [5, 5.41) is 2.19. The Morgan fingerprint density at radius 1 is 1.39 bits per heavy atom. The molecule has 2 aliphatic rings. The molecule has 18 heavy (non-hydrogen) atoms. The Bertz CT molecular complexity index is 367. The molecule has 0 radical (unpaired) electrons. The monoisotopic (exact) mass is 266 g/mol. The van der Waals surface area contributed by atoms with E-state index in [1.54, 1.807) is 0 Å². The van der Waals surface area contributed by atoms with E-state index in [0.717, 1.165) is 32.2 Å². The van der Waals surface area contributed by atoms with E-state index in [0.29, 0.717) is 5.41 Å². The summed E-state index contributed by atoms with van der Waals surface area (Å²) >= 11 is 1.90. The quantitative estimate of drug-likeness (QED) is 0.901. The fourth-order valence-corrected chi connectivity index (χ4v) is 4.33. The van der Waals surface area contributed by atoms with Gasteiger partial charge in [-0.05, 0) is 43.3 Å². The maximum atomic E-state index is 5.63. The highest BCUT2D eigenvalue weighted by Crippen LogP contribution is 2.45. The summed E-state index contributed by atoms with van der Waals surface area (Å²) in [5.41, 5.74) is 5.97. The Labute approximate surface area is 113 Å². The van der Waals surface area contributed by atoms with Gasteiger partial charge in [0.25, 0.3) is 0 Å². The van der Waals surface area contributed by atoms with Crippen molar-refractivity contribution in [3.63, 3.8) is 0 Å². The fraction of sp³-hybridized carbons (Fsp3) is 0.714. The van der Waals surface area contributed by atoms with Crippen molar-refractivity contribution in [1.29, 1.82) is 0 Å². The SMILES string of the molecule is NCCN1CCC(C2(c3cccs3)COC2)CC1. The Balaban J connectivity index is 1.68. The van der Waals surface area contributed by atoms with Gasteiger partial charge in [0.2, 0.25) is 0 Å². The first-order chi connectivity index (χ1) is 8.85. The van der Waals surface area contributed by atoms with Gasteiger partial charge in [-0.3, -0.25) is 0 Å². The Hall–Kier alpha value is -0.420. The van der Waals surface area contributed by atoms with Crippen molar-refractivity contribution in [2.45, 2.75) is 18.3 Å². The topological polar surface area (TPSA) is 38.5 Å². The predicted molar refractivity (Wildman–Crippen MR) is 75.0 cm³/mol. The van der Waals surface area contributed by atoms with Gasteiger partial charge in [0.1, 0.15) is 0 Å². The molecule has 0 unspecified atom stereocenters. The second-order valence-corrected chi connectivity index (χ2v) is 6.48. The second kappa shape index (κ2) is 5.29. The third-order valence-electron chi connectivity index (χ3n) is 4.55. The number of nitrogens with zero attached hydrogens (tertiary/aromatic N) is 1. The van der Waals surface area contributed by atoms with Gasteiger partial charge in [-0.25, -0.2) is 0 Å². The van der Waals surface area contributed by atoms with E-state index >= 15 is 0 Å². The molecule has 0 bridgehead atoms. The lowest BCUT2D eigenvalue weighted by Crippen LogP contribution is -2.55. The first-order valence-corrected chi connectivity index (χ1v) is 7.77. The molecule has 2 N–H and O–H groups in total. The van der Waals surface area contributed by atoms with Crippen LogP contribution in [0.15, 0.2) is 17.5 Å². The molecule has 0 aromatic carbocycles. The van der Waals surface area contributed by atoms with Crippen LogP contribution in [0.3, 0.4) is 0 Å². The third kappa shape index (κ3) is 2.11. The molecule has 3 heterocycles. The maximum Gasteiger partial charge on any atom is 0.0596 e. The molecular weight excluding hydrogens is 244 g/mol. The Kier molecular flexibility index (Phi) is 3.71. The summed E-state index contributed by atoms with van der Waals surface area (Å²) in [7, 11) is 0. The van der Waals surface area contributed by atoms with Crippen molar-refractivity contribution in [2.24, 2.45) is 11.7 Å². The molecule has 1 aromatic rings. The highest BCUT2D eigenvalue weighted by atomic mass is 32.1. The number of ether oxygens (including phenoxy) is 1. The molecule has 3 rings (SSSR count). The smallest absolute Gasteiger partial charge is 0.0596 e. The first kappa shape index (κ1) is 12.6. The standard InChI is InChI=1S/C14H22N2OS/c15-5-8-16-6-3-12(4-7-16)14(10-17-11-14)13-2-1-9-18-13/h1-2,9,12H,3-8,10-11,15H2. The number of rotatable bonds is 4. The normalized spacial score (nSPS) is 24.9. The first-order valence-electron chi connectivity index (χ1n) is 6.89. The van der Waals surface area contributed by atoms with Gasteiger partial charge in [0.05, 0.1) is 18.6 Å². The van der Waals surface area contributed by atoms with Crippen LogP contribution in [0.25, 0.3) is 0 Å². The van der Waals surface area contributed by atoms with Gasteiger partial charge < -0.3 is 15.4 Å². The Morgan fingerprint density at radius 3 is 2.67 bits per heavy atom. The number of hydrogen-bond donors (Lipinski definition) is 1. The molecule has 4 heteroatoms. The van der Waals surface area contributed by atoms with Gasteiger partial charge in [0, 0.05) is 18.0 Å². The van der Waals surface area contributed by atoms with Crippen LogP contribution >= 0.6 is 11.3 Å². The van der Waals surface area contributed by atoms with Crippen molar-refractivity contribution in [3.8, 4) is 0 Å². The van der Waals surface area contributed by atoms with E-state index < -0.39 is 0 Å². The van der Waals surface area contributed by atoms with E-state index in [1.807, 2.05) is 11.3 Å². The summed E-state index contributed by atoms with van der Waals surface area (Å²) in [6.45, 7) is 6.09. The van der Waals surface area contributed by atoms with Crippen LogP contribution in [0, 0.1) is 5.92 Å². The second-order valence-electron chi connectivity index (χ2n) is 5.53. The molecule has 0 amide bonds. The van der Waals surface area contributed by atoms with Gasteiger partial charge in [-0.2, -0.15) is 0 Å². The van der Waals surface area contributed by atoms with Gasteiger partial charge in [-0.1, -0.05) is 6.07 Å². The van der Waals surface area contributed by atoms with Crippen molar-refractivity contribution in [3.05, 3.63) is 22.4 Å². The van der Waals surface area contributed by atoms with Crippen molar-refractivity contribution < 1.29 is 4.74 Å². The van der Waals surface area contributed by atoms with Crippen molar-refractivity contribution >= 4 is 11.3 Å². The highest BCUT2D eigenvalue weighted by molar-refractivity contribution is 7.10. The molecule has 2 aliphatic heterocycles. The van der Waals surface area contributed by atoms with E-state index in [1.165, 1.54) is 30.8 Å². The third-order valence-corrected chi connectivity index (χ3v) is 5.64. The number of hydrogen-bond acceptors (Lipinski definition) is 4. The molecule has 2 saturated heterocycles. The fourth-order valence-electron chi connectivity index (χ4n) is 3.35. The summed E-state index contributed by atoms with van der Waals surface area (Å²) in [6, 6.07) is 4.46. The van der Waals surface area contributed by atoms with Gasteiger partial charge >= 0.3 is 0 Å². The van der Waals surface area contributed by atoms with Gasteiger partial charge in [0.15, 0.2) is 0 Å². The molecule has 2 fully saturated rings. The highest BCUT2D eigenvalue weighted by Gasteiger charge is 2.48. The van der Waals surface area contributed by atoms with Crippen molar-refractivity contribution in [1.82, 2.24) is 4.90 Å². The molecule has 0 aliphatic carbocycles. The Morgan fingerprint density at radius 2 is 2.17 bits per heavy atom. The average Bonchev–Trinajstić information content (AvgIpc) is 2.84. The van der Waals surface area contributed by atoms with Crippen LogP contribution in [-0.2, 0) is 10.2 Å². The van der Waals surface area contributed by atoms with E-state index in [-0.39, 0.29) is 0 Å². The van der Waals surface area contributed by atoms with Crippen molar-refractivity contribution in [2.75, 3.05) is 39.4 Å². The van der Waals surface area contributed by atoms with E-state index in [2.05, 4.69) is 22.4 Å². The zero-order valence-corrected chi connectivity index (χ0v) is 11.6. The molecule has 3 nitrogen and oxygen atoms in total. The minimum atomic E-state index is 0.336. The number of piperidine rings is 1. The minimum Gasteiger partial charge on any atom is -0.379 e. The minimum absolute atomic E-state index is 0.336. The van der Waals surface area contributed by atoms with Crippen LogP contribution in [0.4, 0.5) is 0 Å². The average molecular weight is 266 g/mol. The lowest BCUT2D eigenvalue weighted by Gasteiger charge is -2.49. The molecule has 0 saturated carbocycles. The molecule has 1 aromatic heterocycles. The summed E-state index contributed by atoms with van der Waals surface area (Å²) in [4.78, 5) is 4.03. The number of likely N-dealkylation sites (tertiary alicyclic amines) is 1. The summed E-state index contributed by atoms with van der Waals surface area (Å²) < 4.78 is 5.56. The zero-order valence-electron chi connectivity index (χ0n) is 10.8. The molecule has 100 valence electrons. The number of thiophene rings is 1. The van der Waals surface area contributed by atoms with E-state index in [4.69, 9.17) is 10.5 Å². The number of nitrogens with two attached hydrogens (primary N) is 1. The molecular formula is C14H22N2OS. The van der Waals surface area contributed by atoms with Crippen LogP contribution in [0.2, 0.25) is 0 Å². The summed E-state index contributed by atoms with van der Waals surface area (Å²) in [5.74, 6) is 0.791. The van der Waals surface area contributed by atoms with Crippen LogP contribution < -0.4 is 5.73 Å². The van der Waals surface area contributed by atoms with Gasteiger partial charge in [-0.15, -0.1) is 11.3 Å². The van der Waals surface area contributed by atoms with Crippen LogP contribution in [0.5, 0.6) is 0 Å². The van der Waals surface area contributed by atoms with E-state index in [9.17, 15) is 0 Å². The molecule has 0 atom stereocenters. The largest absolute Gasteiger partial charge is 0.379 e. The zero-order chi connectivity index (χ0) is 12.4. The molecule has 0 spiro atoms. The summed E-state index contributed by atoms with van der Waals surface area (Å²) in [6.07, 6.45) is 2.59. The predicted octanol–water partition coefficient (Wildman–Crippen LogP) is 1.69. The lowest BCUT2D eigenvalue weighted by molar-refractivity contribution is -0.0997. The lowest BCUT2D eigenvalue weighted by atomic mass is 9.68. The van der Waals surface area contributed by atoms with Crippen LogP contribution in [0.1, 0.15) is 17.7 Å². The van der Waals surface area contributed by atoms with Crippen LogP contribution in [-0.4, -0.2) is 44.3 Å².